The van der Waals surface area contributed by atoms with Crippen LogP contribution in [0.2, 0.25) is 0 Å². The first kappa shape index (κ1) is 12.8. The SMILES string of the molecule is CCc1cc(NC(=O)c2ccc(CBr)cc2)n[nH]1. The Morgan fingerprint density at radius 1 is 1.39 bits per heavy atom. The van der Waals surface area contributed by atoms with Crippen LogP contribution >= 0.6 is 15.9 Å². The van der Waals surface area contributed by atoms with E-state index in [0.29, 0.717) is 11.4 Å². The summed E-state index contributed by atoms with van der Waals surface area (Å²) in [5.74, 6) is 0.409. The molecule has 0 aliphatic carbocycles. The molecule has 1 heterocycles. The molecule has 0 spiro atoms. The Morgan fingerprint density at radius 2 is 2.11 bits per heavy atom. The number of anilines is 1. The van der Waals surface area contributed by atoms with Gasteiger partial charge in [0.1, 0.15) is 0 Å². The lowest BCUT2D eigenvalue weighted by Gasteiger charge is -2.02. The van der Waals surface area contributed by atoms with Gasteiger partial charge in [-0.1, -0.05) is 35.0 Å². The monoisotopic (exact) mass is 307 g/mol. The Bertz CT molecular complexity index is 533. The molecule has 4 nitrogen and oxygen atoms in total. The molecule has 1 aromatic carbocycles. The van der Waals surface area contributed by atoms with Crippen LogP contribution in [0, 0.1) is 0 Å². The molecule has 0 fully saturated rings. The smallest absolute Gasteiger partial charge is 0.256 e. The lowest BCUT2D eigenvalue weighted by Crippen LogP contribution is -2.12. The lowest BCUT2D eigenvalue weighted by molar-refractivity contribution is 0.102. The molecule has 2 N–H and O–H groups in total. The number of hydrogen-bond donors (Lipinski definition) is 2. The van der Waals surface area contributed by atoms with Crippen molar-refractivity contribution in [3.63, 3.8) is 0 Å². The van der Waals surface area contributed by atoms with Gasteiger partial charge in [0.05, 0.1) is 0 Å². The first-order chi connectivity index (χ1) is 8.72. The van der Waals surface area contributed by atoms with Crippen LogP contribution in [-0.4, -0.2) is 16.1 Å². The Hall–Kier alpha value is -1.62. The van der Waals surface area contributed by atoms with Gasteiger partial charge in [-0.3, -0.25) is 9.89 Å². The van der Waals surface area contributed by atoms with Gasteiger partial charge in [-0.2, -0.15) is 5.10 Å². The molecule has 0 saturated carbocycles. The number of aryl methyl sites for hydroxylation is 1. The first-order valence-electron chi connectivity index (χ1n) is 5.73. The Balaban J connectivity index is 2.06. The Kier molecular flexibility index (Phi) is 4.15. The van der Waals surface area contributed by atoms with Gasteiger partial charge in [-0.05, 0) is 24.1 Å². The van der Waals surface area contributed by atoms with Crippen molar-refractivity contribution in [2.24, 2.45) is 0 Å². The fourth-order valence-corrected chi connectivity index (χ4v) is 1.91. The zero-order chi connectivity index (χ0) is 13.0. The highest BCUT2D eigenvalue weighted by Gasteiger charge is 2.07. The van der Waals surface area contributed by atoms with Crippen molar-refractivity contribution in [2.75, 3.05) is 5.32 Å². The number of benzene rings is 1. The highest BCUT2D eigenvalue weighted by Crippen LogP contribution is 2.11. The van der Waals surface area contributed by atoms with Crippen molar-refractivity contribution in [2.45, 2.75) is 18.7 Å². The standard InChI is InChI=1S/C13H14BrN3O/c1-2-11-7-12(17-16-11)15-13(18)10-5-3-9(8-14)4-6-10/h3-7H,2,8H2,1H3,(H2,15,16,17,18). The molecule has 0 unspecified atom stereocenters. The third-order valence-electron chi connectivity index (χ3n) is 2.62. The maximum Gasteiger partial charge on any atom is 0.256 e. The van der Waals surface area contributed by atoms with Crippen molar-refractivity contribution in [3.05, 3.63) is 47.2 Å². The second-order valence-corrected chi connectivity index (χ2v) is 4.48. The number of aromatic amines is 1. The number of nitrogens with zero attached hydrogens (tertiary/aromatic N) is 1. The number of carbonyl (C=O) groups is 1. The zero-order valence-electron chi connectivity index (χ0n) is 10.0. The summed E-state index contributed by atoms with van der Waals surface area (Å²) in [6.07, 6.45) is 0.864. The van der Waals surface area contributed by atoms with Gasteiger partial charge < -0.3 is 5.32 Å². The number of alkyl halides is 1. The van der Waals surface area contributed by atoms with Gasteiger partial charge in [0, 0.05) is 22.7 Å². The van der Waals surface area contributed by atoms with E-state index in [1.54, 1.807) is 12.1 Å². The van der Waals surface area contributed by atoms with Crippen molar-refractivity contribution in [1.29, 1.82) is 0 Å². The summed E-state index contributed by atoms with van der Waals surface area (Å²) in [4.78, 5) is 11.9. The van der Waals surface area contributed by atoms with Gasteiger partial charge in [0.2, 0.25) is 0 Å². The molecule has 94 valence electrons. The number of carbonyl (C=O) groups excluding carboxylic acids is 1. The first-order valence-corrected chi connectivity index (χ1v) is 6.85. The van der Waals surface area contributed by atoms with Crippen LogP contribution < -0.4 is 5.32 Å². The van der Waals surface area contributed by atoms with Crippen LogP contribution in [0.15, 0.2) is 30.3 Å². The minimum Gasteiger partial charge on any atom is -0.305 e. The molecule has 1 amide bonds. The van der Waals surface area contributed by atoms with Crippen LogP contribution in [0.5, 0.6) is 0 Å². The summed E-state index contributed by atoms with van der Waals surface area (Å²) < 4.78 is 0. The summed E-state index contributed by atoms with van der Waals surface area (Å²) in [6, 6.07) is 9.29. The molecule has 5 heteroatoms. The minimum atomic E-state index is -0.148. The van der Waals surface area contributed by atoms with E-state index in [4.69, 9.17) is 0 Å². The molecule has 0 radical (unpaired) electrons. The van der Waals surface area contributed by atoms with E-state index in [1.807, 2.05) is 25.1 Å². The maximum absolute atomic E-state index is 11.9. The number of amides is 1. The van der Waals surface area contributed by atoms with Crippen molar-refractivity contribution >= 4 is 27.7 Å². The molecular weight excluding hydrogens is 294 g/mol. The number of aromatic nitrogens is 2. The summed E-state index contributed by atoms with van der Waals surface area (Å²) in [7, 11) is 0. The predicted octanol–water partition coefficient (Wildman–Crippen LogP) is 3.12. The number of hydrogen-bond acceptors (Lipinski definition) is 2. The molecule has 1 aromatic heterocycles. The van der Waals surface area contributed by atoms with E-state index in [1.165, 1.54) is 0 Å². The zero-order valence-corrected chi connectivity index (χ0v) is 11.6. The topological polar surface area (TPSA) is 57.8 Å². The van der Waals surface area contributed by atoms with Gasteiger partial charge in [-0.15, -0.1) is 0 Å². The lowest BCUT2D eigenvalue weighted by atomic mass is 10.1. The van der Waals surface area contributed by atoms with E-state index in [9.17, 15) is 4.79 Å². The number of halogens is 1. The van der Waals surface area contributed by atoms with Gasteiger partial charge in [0.25, 0.3) is 5.91 Å². The highest BCUT2D eigenvalue weighted by molar-refractivity contribution is 9.08. The van der Waals surface area contributed by atoms with Crippen LogP contribution in [0.4, 0.5) is 5.82 Å². The third kappa shape index (κ3) is 2.98. The summed E-state index contributed by atoms with van der Waals surface area (Å²) in [5, 5.41) is 10.4. The van der Waals surface area contributed by atoms with E-state index in [2.05, 4.69) is 31.4 Å². The minimum absolute atomic E-state index is 0.148. The Labute approximate surface area is 114 Å². The fraction of sp³-hybridized carbons (Fsp3) is 0.231. The van der Waals surface area contributed by atoms with Crippen LogP contribution in [0.3, 0.4) is 0 Å². The fourth-order valence-electron chi connectivity index (χ4n) is 1.54. The second kappa shape index (κ2) is 5.82. The molecule has 0 aliphatic rings. The normalized spacial score (nSPS) is 10.3. The second-order valence-electron chi connectivity index (χ2n) is 3.92. The van der Waals surface area contributed by atoms with Crippen molar-refractivity contribution in [1.82, 2.24) is 10.2 Å². The van der Waals surface area contributed by atoms with E-state index in [-0.39, 0.29) is 5.91 Å². The van der Waals surface area contributed by atoms with Crippen LogP contribution in [0.25, 0.3) is 0 Å². The number of H-pyrrole nitrogens is 1. The maximum atomic E-state index is 11.9. The number of nitrogens with one attached hydrogen (secondary N) is 2. The molecule has 2 rings (SSSR count). The molecule has 0 aliphatic heterocycles. The van der Waals surface area contributed by atoms with E-state index < -0.39 is 0 Å². The average Bonchev–Trinajstić information content (AvgIpc) is 2.86. The average molecular weight is 308 g/mol. The quantitative estimate of drug-likeness (QED) is 0.853. The summed E-state index contributed by atoms with van der Waals surface area (Å²) in [5.41, 5.74) is 2.76. The Morgan fingerprint density at radius 3 is 2.67 bits per heavy atom. The molecule has 0 atom stereocenters. The van der Waals surface area contributed by atoms with Gasteiger partial charge in [-0.25, -0.2) is 0 Å². The van der Waals surface area contributed by atoms with E-state index >= 15 is 0 Å². The molecular formula is C13H14BrN3O. The predicted molar refractivity (Wildman–Crippen MR) is 75.0 cm³/mol. The van der Waals surface area contributed by atoms with Crippen LogP contribution in [-0.2, 0) is 11.8 Å². The summed E-state index contributed by atoms with van der Waals surface area (Å²) in [6.45, 7) is 2.03. The van der Waals surface area contributed by atoms with Crippen molar-refractivity contribution in [3.8, 4) is 0 Å². The van der Waals surface area contributed by atoms with Gasteiger partial charge >= 0.3 is 0 Å². The van der Waals surface area contributed by atoms with Crippen LogP contribution in [0.1, 0.15) is 28.5 Å². The molecule has 0 saturated heterocycles. The largest absolute Gasteiger partial charge is 0.305 e. The van der Waals surface area contributed by atoms with E-state index in [0.717, 1.165) is 23.0 Å². The van der Waals surface area contributed by atoms with Gasteiger partial charge in [0.15, 0.2) is 5.82 Å². The highest BCUT2D eigenvalue weighted by atomic mass is 79.9. The third-order valence-corrected chi connectivity index (χ3v) is 3.27. The molecule has 18 heavy (non-hydrogen) atoms. The van der Waals surface area contributed by atoms with Crippen molar-refractivity contribution < 1.29 is 4.79 Å². The molecule has 2 aromatic rings. The summed E-state index contributed by atoms with van der Waals surface area (Å²) >= 11 is 3.37. The number of rotatable bonds is 4. The molecule has 0 bridgehead atoms.